The molecule has 0 saturated heterocycles. The minimum atomic E-state index is -0.381. The van der Waals surface area contributed by atoms with E-state index in [4.69, 9.17) is 5.73 Å². The summed E-state index contributed by atoms with van der Waals surface area (Å²) in [6.45, 7) is 4.86. The highest BCUT2D eigenvalue weighted by Gasteiger charge is 2.17. The number of fused-ring (bicyclic) bond motifs is 1. The largest absolute Gasteiger partial charge is 0.366 e. The molecule has 4 rings (SSSR count). The lowest BCUT2D eigenvalue weighted by Gasteiger charge is -2.13. The van der Waals surface area contributed by atoms with Crippen LogP contribution in [0, 0.1) is 13.8 Å². The molecule has 0 aliphatic rings. The van der Waals surface area contributed by atoms with Crippen molar-refractivity contribution in [3.8, 4) is 11.3 Å². The molecule has 0 unspecified atom stereocenters. The molecule has 3 nitrogen and oxygen atoms in total. The number of aryl methyl sites for hydroxylation is 2. The van der Waals surface area contributed by atoms with E-state index < -0.39 is 0 Å². The van der Waals surface area contributed by atoms with Crippen LogP contribution in [-0.4, -0.2) is 10.5 Å². The molecule has 0 bridgehead atoms. The number of nitrogens with two attached hydrogens (primary N) is 1. The summed E-state index contributed by atoms with van der Waals surface area (Å²) in [4.78, 5) is 12.0. The molecule has 0 fully saturated rings. The second kappa shape index (κ2) is 7.35. The van der Waals surface area contributed by atoms with Crippen molar-refractivity contribution in [1.82, 2.24) is 4.57 Å². The highest BCUT2D eigenvalue weighted by atomic mass is 16.1. The van der Waals surface area contributed by atoms with Crippen molar-refractivity contribution in [2.45, 2.75) is 26.8 Å². The first-order valence-electron chi connectivity index (χ1n) is 9.57. The summed E-state index contributed by atoms with van der Waals surface area (Å²) in [5, 5.41) is 2.39. The van der Waals surface area contributed by atoms with Gasteiger partial charge in [-0.05, 0) is 54.3 Å². The number of hydrogen-bond acceptors (Lipinski definition) is 1. The Balaban J connectivity index is 1.75. The van der Waals surface area contributed by atoms with Crippen molar-refractivity contribution in [3.05, 3.63) is 95.2 Å². The van der Waals surface area contributed by atoms with E-state index in [-0.39, 0.29) is 5.91 Å². The van der Waals surface area contributed by atoms with Gasteiger partial charge in [0.05, 0.1) is 5.56 Å². The normalized spacial score (nSPS) is 11.1. The van der Waals surface area contributed by atoms with E-state index in [1.807, 2.05) is 25.1 Å². The third kappa shape index (κ3) is 3.44. The highest BCUT2D eigenvalue weighted by molar-refractivity contribution is 5.96. The van der Waals surface area contributed by atoms with E-state index in [2.05, 4.69) is 66.1 Å². The number of carbonyl (C=O) groups is 1. The maximum Gasteiger partial charge on any atom is 0.250 e. The lowest BCUT2D eigenvalue weighted by atomic mass is 10.0. The fourth-order valence-corrected chi connectivity index (χ4v) is 3.77. The van der Waals surface area contributed by atoms with Crippen LogP contribution in [0.2, 0.25) is 0 Å². The SMILES string of the molecule is Cc1ccc(CCn2c(-c3ccc4ccccc4c3)cc(C(N)=O)c2C)cc1. The Morgan fingerprint density at radius 2 is 1.61 bits per heavy atom. The Morgan fingerprint density at radius 3 is 2.32 bits per heavy atom. The molecule has 28 heavy (non-hydrogen) atoms. The second-order valence-corrected chi connectivity index (χ2v) is 7.34. The van der Waals surface area contributed by atoms with E-state index >= 15 is 0 Å². The van der Waals surface area contributed by atoms with Crippen molar-refractivity contribution in [3.63, 3.8) is 0 Å². The number of nitrogens with zero attached hydrogens (tertiary/aromatic N) is 1. The number of primary amides is 1. The van der Waals surface area contributed by atoms with Crippen molar-refractivity contribution in [2.75, 3.05) is 0 Å². The molecule has 3 heteroatoms. The first-order chi connectivity index (χ1) is 13.5. The predicted octanol–water partition coefficient (Wildman–Crippen LogP) is 5.27. The van der Waals surface area contributed by atoms with Crippen molar-refractivity contribution < 1.29 is 4.79 Å². The molecule has 2 N–H and O–H groups in total. The van der Waals surface area contributed by atoms with Gasteiger partial charge in [-0.2, -0.15) is 0 Å². The van der Waals surface area contributed by atoms with Gasteiger partial charge in [-0.25, -0.2) is 0 Å². The standard InChI is InChI=1S/C25H24N2O/c1-17-7-9-19(10-8-17)13-14-27-18(2)23(25(26)28)16-24(27)22-12-11-20-5-3-4-6-21(20)15-22/h3-12,15-16H,13-14H2,1-2H3,(H2,26,28). The molecule has 4 aromatic rings. The number of carbonyl (C=O) groups excluding carboxylic acids is 1. The lowest BCUT2D eigenvalue weighted by molar-refractivity contribution is 0.0999. The van der Waals surface area contributed by atoms with E-state index in [0.717, 1.165) is 29.9 Å². The zero-order valence-electron chi connectivity index (χ0n) is 16.3. The number of amides is 1. The van der Waals surface area contributed by atoms with Crippen molar-refractivity contribution >= 4 is 16.7 Å². The molecular formula is C25H24N2O. The average Bonchev–Trinajstić information content (AvgIpc) is 3.04. The maximum atomic E-state index is 12.0. The van der Waals surface area contributed by atoms with E-state index in [9.17, 15) is 4.79 Å². The molecule has 3 aromatic carbocycles. The van der Waals surface area contributed by atoms with Crippen LogP contribution in [-0.2, 0) is 13.0 Å². The minimum Gasteiger partial charge on any atom is -0.366 e. The number of hydrogen-bond donors (Lipinski definition) is 1. The Labute approximate surface area is 165 Å². The molecule has 0 aliphatic heterocycles. The second-order valence-electron chi connectivity index (χ2n) is 7.34. The highest BCUT2D eigenvalue weighted by Crippen LogP contribution is 2.29. The molecule has 0 atom stereocenters. The van der Waals surface area contributed by atoms with Gasteiger partial charge in [0.25, 0.3) is 5.91 Å². The van der Waals surface area contributed by atoms with Crippen LogP contribution in [0.5, 0.6) is 0 Å². The molecule has 0 aliphatic carbocycles. The van der Waals surface area contributed by atoms with Gasteiger partial charge in [-0.15, -0.1) is 0 Å². The van der Waals surface area contributed by atoms with Gasteiger partial charge >= 0.3 is 0 Å². The summed E-state index contributed by atoms with van der Waals surface area (Å²) in [5.74, 6) is -0.381. The topological polar surface area (TPSA) is 48.0 Å². The van der Waals surface area contributed by atoms with Gasteiger partial charge in [0, 0.05) is 17.9 Å². The van der Waals surface area contributed by atoms with Crippen LogP contribution in [0.3, 0.4) is 0 Å². The summed E-state index contributed by atoms with van der Waals surface area (Å²) in [6, 6.07) is 25.3. The number of aromatic nitrogens is 1. The molecule has 1 aromatic heterocycles. The van der Waals surface area contributed by atoms with Gasteiger partial charge in [0.1, 0.15) is 0 Å². The summed E-state index contributed by atoms with van der Waals surface area (Å²) in [7, 11) is 0. The van der Waals surface area contributed by atoms with Crippen LogP contribution in [0.1, 0.15) is 27.2 Å². The average molecular weight is 368 g/mol. The Hall–Kier alpha value is -3.33. The summed E-state index contributed by atoms with van der Waals surface area (Å²) < 4.78 is 2.21. The Morgan fingerprint density at radius 1 is 0.893 bits per heavy atom. The summed E-state index contributed by atoms with van der Waals surface area (Å²) in [5.41, 5.74) is 11.8. The third-order valence-electron chi connectivity index (χ3n) is 5.42. The molecular weight excluding hydrogens is 344 g/mol. The summed E-state index contributed by atoms with van der Waals surface area (Å²) >= 11 is 0. The monoisotopic (exact) mass is 368 g/mol. The van der Waals surface area contributed by atoms with Gasteiger partial charge in [-0.1, -0.05) is 66.2 Å². The van der Waals surface area contributed by atoms with Crippen LogP contribution in [0.4, 0.5) is 0 Å². The van der Waals surface area contributed by atoms with Crippen LogP contribution in [0.25, 0.3) is 22.0 Å². The predicted molar refractivity (Wildman–Crippen MR) is 116 cm³/mol. The van der Waals surface area contributed by atoms with Gasteiger partial charge in [0.15, 0.2) is 0 Å². The zero-order valence-corrected chi connectivity index (χ0v) is 16.3. The van der Waals surface area contributed by atoms with Crippen molar-refractivity contribution in [1.29, 1.82) is 0 Å². The van der Waals surface area contributed by atoms with E-state index in [1.54, 1.807) is 0 Å². The molecule has 0 saturated carbocycles. The first kappa shape index (κ1) is 18.1. The van der Waals surface area contributed by atoms with Crippen LogP contribution in [0.15, 0.2) is 72.8 Å². The molecule has 140 valence electrons. The number of rotatable bonds is 5. The zero-order chi connectivity index (χ0) is 19.7. The Bertz CT molecular complexity index is 1150. The minimum absolute atomic E-state index is 0.381. The quantitative estimate of drug-likeness (QED) is 0.513. The molecule has 0 spiro atoms. The van der Waals surface area contributed by atoms with Crippen molar-refractivity contribution in [2.24, 2.45) is 5.73 Å². The maximum absolute atomic E-state index is 12.0. The van der Waals surface area contributed by atoms with E-state index in [1.165, 1.54) is 21.9 Å². The van der Waals surface area contributed by atoms with Gasteiger partial charge < -0.3 is 10.3 Å². The van der Waals surface area contributed by atoms with Gasteiger partial charge in [0.2, 0.25) is 0 Å². The van der Waals surface area contributed by atoms with Crippen LogP contribution >= 0.6 is 0 Å². The smallest absolute Gasteiger partial charge is 0.250 e. The molecule has 1 heterocycles. The number of benzene rings is 3. The van der Waals surface area contributed by atoms with Crippen LogP contribution < -0.4 is 5.73 Å². The first-order valence-corrected chi connectivity index (χ1v) is 9.57. The summed E-state index contributed by atoms with van der Waals surface area (Å²) in [6.07, 6.45) is 0.897. The molecule has 0 radical (unpaired) electrons. The lowest BCUT2D eigenvalue weighted by Crippen LogP contribution is -2.13. The third-order valence-corrected chi connectivity index (χ3v) is 5.42. The fourth-order valence-electron chi connectivity index (χ4n) is 3.77. The fraction of sp³-hybridized carbons (Fsp3) is 0.160. The van der Waals surface area contributed by atoms with E-state index in [0.29, 0.717) is 5.56 Å². The Kier molecular flexibility index (Phi) is 4.74. The van der Waals surface area contributed by atoms with Gasteiger partial charge in [-0.3, -0.25) is 4.79 Å². The molecule has 1 amide bonds.